The van der Waals surface area contributed by atoms with Gasteiger partial charge >= 0.3 is 36.8 Å². The van der Waals surface area contributed by atoms with Gasteiger partial charge in [0.15, 0.2) is 0 Å². The Morgan fingerprint density at radius 1 is 0.923 bits per heavy atom. The van der Waals surface area contributed by atoms with Crippen LogP contribution in [0, 0.1) is 5.92 Å². The second-order valence-corrected chi connectivity index (χ2v) is 2.23. The molecule has 7 heteroatoms. The van der Waals surface area contributed by atoms with Crippen LogP contribution in [0.1, 0.15) is 12.8 Å². The number of carbonyl (C=O) groups is 3. The van der Waals surface area contributed by atoms with E-state index in [4.69, 9.17) is 15.3 Å². The fraction of sp³-hybridized carbons (Fsp3) is 0.500. The van der Waals surface area contributed by atoms with Crippen molar-refractivity contribution >= 4 is 36.8 Å². The SMILES string of the molecule is O=C(O)CC(CC(=O)O)C(=O)O.[LiH]. The summed E-state index contributed by atoms with van der Waals surface area (Å²) in [6.45, 7) is 0. The average molecular weight is 184 g/mol. The van der Waals surface area contributed by atoms with Gasteiger partial charge in [-0.15, -0.1) is 0 Å². The van der Waals surface area contributed by atoms with Gasteiger partial charge in [-0.3, -0.25) is 14.4 Å². The van der Waals surface area contributed by atoms with Gasteiger partial charge < -0.3 is 15.3 Å². The Kier molecular flexibility index (Phi) is 7.28. The average Bonchev–Trinajstić information content (AvgIpc) is 1.83. The van der Waals surface area contributed by atoms with Crippen molar-refractivity contribution < 1.29 is 29.7 Å². The number of hydrogen-bond donors (Lipinski definition) is 3. The normalized spacial score (nSPS) is 9.00. The molecule has 0 bridgehead atoms. The Morgan fingerprint density at radius 2 is 1.23 bits per heavy atom. The van der Waals surface area contributed by atoms with Crippen molar-refractivity contribution in [2.24, 2.45) is 5.92 Å². The minimum absolute atomic E-state index is 0. The van der Waals surface area contributed by atoms with E-state index >= 15 is 0 Å². The summed E-state index contributed by atoms with van der Waals surface area (Å²) in [6, 6.07) is 0. The van der Waals surface area contributed by atoms with Crippen molar-refractivity contribution in [3.63, 3.8) is 0 Å². The van der Waals surface area contributed by atoms with E-state index in [-0.39, 0.29) is 18.9 Å². The third kappa shape index (κ3) is 7.37. The van der Waals surface area contributed by atoms with Crippen LogP contribution in [0.5, 0.6) is 0 Å². The molecular formula is C6H9LiO6. The molecule has 0 aliphatic carbocycles. The number of rotatable bonds is 5. The Bertz CT molecular complexity index is 197. The van der Waals surface area contributed by atoms with Gasteiger partial charge in [-0.1, -0.05) is 0 Å². The molecule has 0 amide bonds. The van der Waals surface area contributed by atoms with Gasteiger partial charge in [-0.2, -0.15) is 0 Å². The van der Waals surface area contributed by atoms with Crippen molar-refractivity contribution in [1.82, 2.24) is 0 Å². The molecule has 0 aromatic carbocycles. The van der Waals surface area contributed by atoms with Crippen molar-refractivity contribution in [1.29, 1.82) is 0 Å². The molecule has 0 aliphatic rings. The summed E-state index contributed by atoms with van der Waals surface area (Å²) in [5.41, 5.74) is 0. The summed E-state index contributed by atoms with van der Waals surface area (Å²) in [5.74, 6) is -5.38. The third-order valence-corrected chi connectivity index (χ3v) is 1.19. The van der Waals surface area contributed by atoms with E-state index in [9.17, 15) is 14.4 Å². The fourth-order valence-electron chi connectivity index (χ4n) is 0.668. The second kappa shape index (κ2) is 6.52. The summed E-state index contributed by atoms with van der Waals surface area (Å²) in [4.78, 5) is 30.3. The van der Waals surface area contributed by atoms with E-state index in [1.54, 1.807) is 0 Å². The molecular weight excluding hydrogens is 175 g/mol. The third-order valence-electron chi connectivity index (χ3n) is 1.19. The molecule has 3 N–H and O–H groups in total. The van der Waals surface area contributed by atoms with Gasteiger partial charge in [0.25, 0.3) is 0 Å². The fourth-order valence-corrected chi connectivity index (χ4v) is 0.668. The zero-order chi connectivity index (χ0) is 9.72. The van der Waals surface area contributed by atoms with E-state index in [1.165, 1.54) is 0 Å². The first kappa shape index (κ1) is 14.5. The van der Waals surface area contributed by atoms with Crippen LogP contribution in [0.2, 0.25) is 0 Å². The Labute approximate surface area is 85.7 Å². The van der Waals surface area contributed by atoms with Crippen LogP contribution in [0.4, 0.5) is 0 Å². The molecule has 0 aromatic heterocycles. The molecule has 0 aliphatic heterocycles. The van der Waals surface area contributed by atoms with Crippen LogP contribution in [-0.4, -0.2) is 52.1 Å². The maximum absolute atomic E-state index is 10.2. The first-order chi connectivity index (χ1) is 5.43. The molecule has 0 heterocycles. The van der Waals surface area contributed by atoms with Crippen LogP contribution in [0.25, 0.3) is 0 Å². The molecule has 0 fully saturated rings. The van der Waals surface area contributed by atoms with Gasteiger partial charge in [0, 0.05) is 0 Å². The minimum atomic E-state index is -1.40. The molecule has 0 saturated heterocycles. The molecule has 13 heavy (non-hydrogen) atoms. The van der Waals surface area contributed by atoms with E-state index in [2.05, 4.69) is 0 Å². The monoisotopic (exact) mass is 184 g/mol. The summed E-state index contributed by atoms with van der Waals surface area (Å²) >= 11 is 0. The zero-order valence-electron chi connectivity index (χ0n) is 6.06. The second-order valence-electron chi connectivity index (χ2n) is 2.23. The number of hydrogen-bond acceptors (Lipinski definition) is 3. The summed E-state index contributed by atoms with van der Waals surface area (Å²) in [7, 11) is 0. The summed E-state index contributed by atoms with van der Waals surface area (Å²) in [5, 5.41) is 24.7. The van der Waals surface area contributed by atoms with Crippen LogP contribution in [0.3, 0.4) is 0 Å². The van der Waals surface area contributed by atoms with Gasteiger partial charge in [0.05, 0.1) is 18.8 Å². The first-order valence-corrected chi connectivity index (χ1v) is 3.10. The first-order valence-electron chi connectivity index (χ1n) is 3.10. The van der Waals surface area contributed by atoms with Gasteiger partial charge in [0.1, 0.15) is 0 Å². The van der Waals surface area contributed by atoms with Crippen LogP contribution >= 0.6 is 0 Å². The van der Waals surface area contributed by atoms with E-state index in [0.717, 1.165) is 0 Å². The maximum atomic E-state index is 10.2. The zero-order valence-corrected chi connectivity index (χ0v) is 6.06. The van der Waals surface area contributed by atoms with Gasteiger partial charge in [-0.05, 0) is 0 Å². The summed E-state index contributed by atoms with van der Waals surface area (Å²) < 4.78 is 0. The number of carboxylic acid groups (broad SMARTS) is 3. The van der Waals surface area contributed by atoms with Crippen LogP contribution < -0.4 is 0 Å². The standard InChI is InChI=1S/C6H8O6.Li.H/c7-4(8)1-3(6(11)12)2-5(9)10;;/h3H,1-2H2,(H,7,8)(H,9,10)(H,11,12);;. The molecule has 0 radical (unpaired) electrons. The quantitative estimate of drug-likeness (QED) is 0.472. The van der Waals surface area contributed by atoms with Crippen molar-refractivity contribution in [3.8, 4) is 0 Å². The van der Waals surface area contributed by atoms with E-state index < -0.39 is 36.7 Å². The predicted molar refractivity (Wildman–Crippen MR) is 42.8 cm³/mol. The molecule has 0 atom stereocenters. The predicted octanol–water partition coefficient (Wildman–Crippen LogP) is -1.01. The molecule has 0 rings (SSSR count). The van der Waals surface area contributed by atoms with Crippen LogP contribution in [0.15, 0.2) is 0 Å². The van der Waals surface area contributed by atoms with Crippen molar-refractivity contribution in [2.45, 2.75) is 12.8 Å². The van der Waals surface area contributed by atoms with E-state index in [0.29, 0.717) is 0 Å². The molecule has 0 aromatic rings. The molecule has 0 saturated carbocycles. The Hall–Kier alpha value is -0.993. The van der Waals surface area contributed by atoms with Crippen molar-refractivity contribution in [3.05, 3.63) is 0 Å². The molecule has 0 unspecified atom stereocenters. The molecule has 0 spiro atoms. The number of aliphatic carboxylic acids is 3. The van der Waals surface area contributed by atoms with Crippen LogP contribution in [-0.2, 0) is 14.4 Å². The topological polar surface area (TPSA) is 112 Å². The van der Waals surface area contributed by atoms with Gasteiger partial charge in [-0.25, -0.2) is 0 Å². The molecule has 70 valence electrons. The Balaban J connectivity index is 0. The Morgan fingerprint density at radius 3 is 1.38 bits per heavy atom. The number of carboxylic acids is 3. The van der Waals surface area contributed by atoms with Crippen molar-refractivity contribution in [2.75, 3.05) is 0 Å². The molecule has 6 nitrogen and oxygen atoms in total. The summed E-state index contributed by atoms with van der Waals surface area (Å²) in [6.07, 6.45) is -1.33. The van der Waals surface area contributed by atoms with E-state index in [1.807, 2.05) is 0 Å². The van der Waals surface area contributed by atoms with Gasteiger partial charge in [0.2, 0.25) is 0 Å².